The summed E-state index contributed by atoms with van der Waals surface area (Å²) in [5.41, 5.74) is 2.23. The highest BCUT2D eigenvalue weighted by Gasteiger charge is 2.35. The molecule has 0 saturated carbocycles. The van der Waals surface area contributed by atoms with Crippen LogP contribution >= 0.6 is 11.3 Å². The number of carbonyl (C=O) groups excluding carboxylic acids is 1. The van der Waals surface area contributed by atoms with Crippen molar-refractivity contribution in [3.8, 4) is 10.4 Å². The Morgan fingerprint density at radius 3 is 2.75 bits per heavy atom. The van der Waals surface area contributed by atoms with Crippen LogP contribution in [0.3, 0.4) is 0 Å². The topological polar surface area (TPSA) is 44.4 Å². The van der Waals surface area contributed by atoms with Crippen LogP contribution in [0.1, 0.15) is 22.5 Å². The molecule has 1 amide bonds. The van der Waals surface area contributed by atoms with Crippen molar-refractivity contribution in [1.82, 2.24) is 10.2 Å². The average Bonchev–Trinajstić information content (AvgIpc) is 3.13. The molecule has 1 aromatic heterocycles. The number of anilines is 1. The SMILES string of the molecule is CNc1cccc(-c2ccc(C(=O)NC3CN4CCC3CC4)s2)c1. The number of hydrogen-bond donors (Lipinski definition) is 2. The number of amides is 1. The lowest BCUT2D eigenvalue weighted by Gasteiger charge is -2.44. The fraction of sp³-hybridized carbons (Fsp3) is 0.421. The number of piperidine rings is 3. The van der Waals surface area contributed by atoms with Gasteiger partial charge in [-0.05, 0) is 61.7 Å². The molecule has 2 bridgehead atoms. The molecule has 24 heavy (non-hydrogen) atoms. The minimum absolute atomic E-state index is 0.0785. The maximum Gasteiger partial charge on any atom is 0.261 e. The fourth-order valence-electron chi connectivity index (χ4n) is 3.81. The summed E-state index contributed by atoms with van der Waals surface area (Å²) in [5.74, 6) is 0.737. The van der Waals surface area contributed by atoms with Gasteiger partial charge in [-0.3, -0.25) is 4.79 Å². The number of nitrogens with one attached hydrogen (secondary N) is 2. The first-order chi connectivity index (χ1) is 11.7. The number of thiophene rings is 1. The molecule has 1 aromatic carbocycles. The Kier molecular flexibility index (Phi) is 4.29. The van der Waals surface area contributed by atoms with Crippen LogP contribution in [0.5, 0.6) is 0 Å². The first-order valence-electron chi connectivity index (χ1n) is 8.64. The van der Waals surface area contributed by atoms with Crippen LogP contribution in [0.2, 0.25) is 0 Å². The van der Waals surface area contributed by atoms with Crippen LogP contribution in [0.25, 0.3) is 10.4 Å². The first-order valence-corrected chi connectivity index (χ1v) is 9.46. The highest BCUT2D eigenvalue weighted by Crippen LogP contribution is 2.31. The monoisotopic (exact) mass is 341 g/mol. The summed E-state index contributed by atoms with van der Waals surface area (Å²) in [6, 6.07) is 12.6. The van der Waals surface area contributed by atoms with E-state index in [-0.39, 0.29) is 5.91 Å². The number of rotatable bonds is 4. The smallest absolute Gasteiger partial charge is 0.261 e. The minimum atomic E-state index is 0.0785. The molecule has 3 fully saturated rings. The molecule has 3 saturated heterocycles. The summed E-state index contributed by atoms with van der Waals surface area (Å²) in [6.07, 6.45) is 2.44. The van der Waals surface area contributed by atoms with E-state index in [0.717, 1.165) is 27.5 Å². The summed E-state index contributed by atoms with van der Waals surface area (Å²) in [4.78, 5) is 17.0. The molecule has 0 spiro atoms. The Balaban J connectivity index is 1.47. The van der Waals surface area contributed by atoms with E-state index in [1.807, 2.05) is 31.3 Å². The third-order valence-corrected chi connectivity index (χ3v) is 6.37. The molecule has 5 rings (SSSR count). The second-order valence-corrected chi connectivity index (χ2v) is 7.80. The Labute approximate surface area is 146 Å². The van der Waals surface area contributed by atoms with Crippen molar-refractivity contribution in [2.45, 2.75) is 18.9 Å². The van der Waals surface area contributed by atoms with Crippen LogP contribution in [-0.4, -0.2) is 43.5 Å². The van der Waals surface area contributed by atoms with Gasteiger partial charge in [0.2, 0.25) is 0 Å². The van der Waals surface area contributed by atoms with Gasteiger partial charge >= 0.3 is 0 Å². The lowest BCUT2D eigenvalue weighted by molar-refractivity contribution is 0.0622. The summed E-state index contributed by atoms with van der Waals surface area (Å²) < 4.78 is 0. The summed E-state index contributed by atoms with van der Waals surface area (Å²) in [6.45, 7) is 3.41. The normalized spacial score (nSPS) is 25.5. The molecule has 3 aliphatic rings. The van der Waals surface area contributed by atoms with Gasteiger partial charge < -0.3 is 15.5 Å². The van der Waals surface area contributed by atoms with Gasteiger partial charge in [0.25, 0.3) is 5.91 Å². The van der Waals surface area contributed by atoms with Crippen LogP contribution in [0, 0.1) is 5.92 Å². The highest BCUT2D eigenvalue weighted by atomic mass is 32.1. The number of hydrogen-bond acceptors (Lipinski definition) is 4. The van der Waals surface area contributed by atoms with Crippen molar-refractivity contribution < 1.29 is 4.79 Å². The second kappa shape index (κ2) is 6.57. The summed E-state index contributed by atoms with van der Waals surface area (Å²) in [7, 11) is 1.92. The predicted octanol–water partition coefficient (Wildman–Crippen LogP) is 3.28. The van der Waals surface area contributed by atoms with Crippen LogP contribution in [-0.2, 0) is 0 Å². The van der Waals surface area contributed by atoms with Gasteiger partial charge in [0, 0.05) is 30.2 Å². The van der Waals surface area contributed by atoms with Gasteiger partial charge in [0.15, 0.2) is 0 Å². The molecule has 3 aliphatic heterocycles. The predicted molar refractivity (Wildman–Crippen MR) is 99.7 cm³/mol. The van der Waals surface area contributed by atoms with Crippen LogP contribution < -0.4 is 10.6 Å². The fourth-order valence-corrected chi connectivity index (χ4v) is 4.72. The number of benzene rings is 1. The van der Waals surface area contributed by atoms with Gasteiger partial charge in [-0.15, -0.1) is 11.3 Å². The minimum Gasteiger partial charge on any atom is -0.388 e. The van der Waals surface area contributed by atoms with Crippen molar-refractivity contribution in [2.24, 2.45) is 5.92 Å². The number of fused-ring (bicyclic) bond motifs is 3. The summed E-state index contributed by atoms with van der Waals surface area (Å²) in [5, 5.41) is 6.43. The third kappa shape index (κ3) is 3.06. The number of nitrogens with zero attached hydrogens (tertiary/aromatic N) is 1. The molecule has 1 unspecified atom stereocenters. The zero-order valence-corrected chi connectivity index (χ0v) is 14.7. The Hall–Kier alpha value is -1.85. The van der Waals surface area contributed by atoms with Gasteiger partial charge in [-0.25, -0.2) is 0 Å². The second-order valence-electron chi connectivity index (χ2n) is 6.71. The van der Waals surface area contributed by atoms with Crippen molar-refractivity contribution in [3.63, 3.8) is 0 Å². The summed E-state index contributed by atoms with van der Waals surface area (Å²) >= 11 is 1.57. The molecule has 126 valence electrons. The molecule has 2 N–H and O–H groups in total. The molecule has 4 heterocycles. The van der Waals surface area contributed by atoms with E-state index in [1.54, 1.807) is 11.3 Å². The molecule has 1 atom stereocenters. The van der Waals surface area contributed by atoms with Gasteiger partial charge in [0.1, 0.15) is 0 Å². The highest BCUT2D eigenvalue weighted by molar-refractivity contribution is 7.17. The van der Waals surface area contributed by atoms with Crippen LogP contribution in [0.4, 0.5) is 5.69 Å². The number of carbonyl (C=O) groups is 1. The Morgan fingerprint density at radius 1 is 1.21 bits per heavy atom. The van der Waals surface area contributed by atoms with Crippen molar-refractivity contribution in [3.05, 3.63) is 41.3 Å². The van der Waals surface area contributed by atoms with E-state index in [0.29, 0.717) is 12.0 Å². The van der Waals surface area contributed by atoms with E-state index in [9.17, 15) is 4.79 Å². The first kappa shape index (κ1) is 15.7. The molecule has 5 heteroatoms. The molecule has 0 radical (unpaired) electrons. The zero-order chi connectivity index (χ0) is 16.5. The van der Waals surface area contributed by atoms with E-state index in [4.69, 9.17) is 0 Å². The van der Waals surface area contributed by atoms with Crippen LogP contribution in [0.15, 0.2) is 36.4 Å². The molecular weight excluding hydrogens is 318 g/mol. The largest absolute Gasteiger partial charge is 0.388 e. The van der Waals surface area contributed by atoms with Gasteiger partial charge in [-0.1, -0.05) is 12.1 Å². The molecule has 0 aliphatic carbocycles. The molecular formula is C19H23N3OS. The average molecular weight is 341 g/mol. The maximum absolute atomic E-state index is 12.6. The quantitative estimate of drug-likeness (QED) is 0.897. The third-order valence-electron chi connectivity index (χ3n) is 5.24. The van der Waals surface area contributed by atoms with Gasteiger partial charge in [-0.2, -0.15) is 0 Å². The standard InChI is InChI=1S/C19H23N3OS/c1-20-15-4-2-3-14(11-15)17-5-6-18(24-17)19(23)21-16-12-22-9-7-13(16)8-10-22/h2-6,11,13,16,20H,7-10,12H2,1H3,(H,21,23). The van der Waals surface area contributed by atoms with E-state index in [1.165, 1.54) is 25.9 Å². The van der Waals surface area contributed by atoms with E-state index in [2.05, 4.69) is 27.7 Å². The molecule has 2 aromatic rings. The van der Waals surface area contributed by atoms with Crippen molar-refractivity contribution in [1.29, 1.82) is 0 Å². The Morgan fingerprint density at radius 2 is 2.04 bits per heavy atom. The van der Waals surface area contributed by atoms with Crippen molar-refractivity contribution in [2.75, 3.05) is 32.0 Å². The lowest BCUT2D eigenvalue weighted by Crippen LogP contribution is -2.57. The maximum atomic E-state index is 12.6. The Bertz CT molecular complexity index is 734. The zero-order valence-electron chi connectivity index (χ0n) is 13.9. The van der Waals surface area contributed by atoms with E-state index < -0.39 is 0 Å². The lowest BCUT2D eigenvalue weighted by atomic mass is 9.84. The van der Waals surface area contributed by atoms with Gasteiger partial charge in [0.05, 0.1) is 4.88 Å². The van der Waals surface area contributed by atoms with Crippen molar-refractivity contribution >= 4 is 22.9 Å². The van der Waals surface area contributed by atoms with E-state index >= 15 is 0 Å². The molecule has 4 nitrogen and oxygen atoms in total.